The lowest BCUT2D eigenvalue weighted by atomic mass is 9.99. The number of amides is 2. The highest BCUT2D eigenvalue weighted by Crippen LogP contribution is 2.29. The van der Waals surface area contributed by atoms with Crippen molar-refractivity contribution in [3.8, 4) is 0 Å². The number of thioether (sulfide) groups is 1. The van der Waals surface area contributed by atoms with Crippen molar-refractivity contribution in [2.75, 3.05) is 6.61 Å². The molecular formula is C18H16ClNO4S. The van der Waals surface area contributed by atoms with E-state index in [1.54, 1.807) is 24.3 Å². The topological polar surface area (TPSA) is 72.5 Å². The molecule has 1 saturated heterocycles. The first-order valence-corrected chi connectivity index (χ1v) is 9.08. The van der Waals surface area contributed by atoms with Crippen LogP contribution in [-0.2, 0) is 9.53 Å². The van der Waals surface area contributed by atoms with Gasteiger partial charge in [-0.05, 0) is 31.1 Å². The second-order valence-corrected chi connectivity index (χ2v) is 7.38. The van der Waals surface area contributed by atoms with Crippen LogP contribution in [0.1, 0.15) is 29.6 Å². The van der Waals surface area contributed by atoms with Crippen LogP contribution >= 0.6 is 23.4 Å². The van der Waals surface area contributed by atoms with Crippen LogP contribution in [0.25, 0.3) is 0 Å². The van der Waals surface area contributed by atoms with Crippen molar-refractivity contribution < 1.29 is 19.1 Å². The number of rotatable bonds is 6. The number of carbonyl (C=O) groups is 3. The Morgan fingerprint density at radius 2 is 2.12 bits per heavy atom. The molecule has 1 atom stereocenters. The summed E-state index contributed by atoms with van der Waals surface area (Å²) >= 11 is 6.91. The summed E-state index contributed by atoms with van der Waals surface area (Å²) in [7, 11) is 0. The third kappa shape index (κ3) is 4.74. The molecule has 1 heterocycles. The summed E-state index contributed by atoms with van der Waals surface area (Å²) in [6.07, 6.45) is 5.69. The van der Waals surface area contributed by atoms with Crippen molar-refractivity contribution in [2.45, 2.75) is 24.5 Å². The minimum atomic E-state index is -0.348. The van der Waals surface area contributed by atoms with Crippen molar-refractivity contribution in [1.82, 2.24) is 5.32 Å². The van der Waals surface area contributed by atoms with Crippen LogP contribution in [-0.4, -0.2) is 28.8 Å². The van der Waals surface area contributed by atoms with Crippen molar-refractivity contribution in [2.24, 2.45) is 0 Å². The summed E-state index contributed by atoms with van der Waals surface area (Å²) in [5, 5.41) is 2.17. The standard InChI is InChI=1S/C18H16ClNO4S/c19-13-3-1-2-12(9-13)15(21)10-24-14-6-4-11(5-7-14)8-16-17(22)20-18(23)25-16/h1-4,6,9,16H,5,7-8,10H2,(H,20,22,23). The summed E-state index contributed by atoms with van der Waals surface area (Å²) in [6, 6.07) is 6.76. The Bertz CT molecular complexity index is 787. The van der Waals surface area contributed by atoms with Crippen molar-refractivity contribution in [3.05, 3.63) is 58.3 Å². The summed E-state index contributed by atoms with van der Waals surface area (Å²) in [5.41, 5.74) is 1.62. The molecule has 2 amide bonds. The molecule has 1 aliphatic heterocycles. The lowest BCUT2D eigenvalue weighted by Crippen LogP contribution is -2.24. The van der Waals surface area contributed by atoms with Crippen molar-refractivity contribution in [3.63, 3.8) is 0 Å². The van der Waals surface area contributed by atoms with Crippen LogP contribution in [0.5, 0.6) is 0 Å². The highest BCUT2D eigenvalue weighted by Gasteiger charge is 2.32. The van der Waals surface area contributed by atoms with Gasteiger partial charge in [-0.25, -0.2) is 0 Å². The second kappa shape index (κ2) is 7.89. The molecule has 1 unspecified atom stereocenters. The Labute approximate surface area is 154 Å². The van der Waals surface area contributed by atoms with E-state index in [4.69, 9.17) is 16.3 Å². The zero-order valence-electron chi connectivity index (χ0n) is 13.3. The molecule has 3 rings (SSSR count). The number of ketones is 1. The average molecular weight is 378 g/mol. The third-order valence-electron chi connectivity index (χ3n) is 3.95. The van der Waals surface area contributed by atoms with Crippen LogP contribution in [0.3, 0.4) is 0 Å². The number of nitrogens with one attached hydrogen (secondary N) is 1. The molecule has 1 aliphatic carbocycles. The van der Waals surface area contributed by atoms with Gasteiger partial charge in [0.15, 0.2) is 12.4 Å². The Morgan fingerprint density at radius 1 is 1.28 bits per heavy atom. The van der Waals surface area contributed by atoms with Gasteiger partial charge in [0, 0.05) is 17.0 Å². The SMILES string of the molecule is O=C1NC(=O)C(CC2=CC=C(OCC(=O)c3cccc(Cl)c3)CC2)S1. The summed E-state index contributed by atoms with van der Waals surface area (Å²) in [4.78, 5) is 34.9. The Hall–Kier alpha value is -2.05. The first-order chi connectivity index (χ1) is 12.0. The Kier molecular flexibility index (Phi) is 5.60. The maximum absolute atomic E-state index is 12.1. The van der Waals surface area contributed by atoms with Crippen LogP contribution in [0.4, 0.5) is 4.79 Å². The number of halogens is 1. The quantitative estimate of drug-likeness (QED) is 0.761. The fourth-order valence-corrected chi connectivity index (χ4v) is 3.69. The average Bonchev–Trinajstić information content (AvgIpc) is 2.91. The first-order valence-electron chi connectivity index (χ1n) is 7.83. The maximum Gasteiger partial charge on any atom is 0.286 e. The predicted molar refractivity (Wildman–Crippen MR) is 96.7 cm³/mol. The van der Waals surface area contributed by atoms with E-state index in [-0.39, 0.29) is 28.8 Å². The van der Waals surface area contributed by atoms with Crippen LogP contribution in [0, 0.1) is 0 Å². The lowest BCUT2D eigenvalue weighted by Gasteiger charge is -2.16. The number of imide groups is 1. The van der Waals surface area contributed by atoms with Crippen LogP contribution in [0.15, 0.2) is 47.7 Å². The zero-order chi connectivity index (χ0) is 17.8. The number of ether oxygens (including phenoxy) is 1. The second-order valence-electron chi connectivity index (χ2n) is 5.77. The molecule has 130 valence electrons. The third-order valence-corrected chi connectivity index (χ3v) is 5.16. The van der Waals surface area contributed by atoms with E-state index in [9.17, 15) is 14.4 Å². The molecule has 2 aliphatic rings. The van der Waals surface area contributed by atoms with E-state index in [1.165, 1.54) is 0 Å². The number of allylic oxidation sites excluding steroid dienone is 4. The Morgan fingerprint density at radius 3 is 2.76 bits per heavy atom. The van der Waals surface area contributed by atoms with E-state index in [0.717, 1.165) is 29.5 Å². The zero-order valence-corrected chi connectivity index (χ0v) is 14.9. The minimum absolute atomic E-state index is 0.0370. The van der Waals surface area contributed by atoms with Gasteiger partial charge < -0.3 is 4.74 Å². The summed E-state index contributed by atoms with van der Waals surface area (Å²) < 4.78 is 5.58. The van der Waals surface area contributed by atoms with Gasteiger partial charge in [-0.15, -0.1) is 0 Å². The molecule has 1 N–H and O–H groups in total. The van der Waals surface area contributed by atoms with Crippen molar-refractivity contribution >= 4 is 40.3 Å². The molecule has 0 spiro atoms. The number of hydrogen-bond donors (Lipinski definition) is 1. The van der Waals surface area contributed by atoms with Gasteiger partial charge in [0.2, 0.25) is 5.91 Å². The monoisotopic (exact) mass is 377 g/mol. The van der Waals surface area contributed by atoms with E-state index in [1.807, 2.05) is 12.2 Å². The molecular weight excluding hydrogens is 362 g/mol. The molecule has 1 aromatic carbocycles. The highest BCUT2D eigenvalue weighted by molar-refractivity contribution is 8.15. The minimum Gasteiger partial charge on any atom is -0.490 e. The largest absolute Gasteiger partial charge is 0.490 e. The molecule has 0 radical (unpaired) electrons. The molecule has 25 heavy (non-hydrogen) atoms. The predicted octanol–water partition coefficient (Wildman–Crippen LogP) is 3.89. The maximum atomic E-state index is 12.1. The van der Waals surface area contributed by atoms with Gasteiger partial charge >= 0.3 is 0 Å². The van der Waals surface area contributed by atoms with Crippen LogP contribution < -0.4 is 5.32 Å². The van der Waals surface area contributed by atoms with Gasteiger partial charge in [-0.2, -0.15) is 0 Å². The van der Waals surface area contributed by atoms with Crippen LogP contribution in [0.2, 0.25) is 5.02 Å². The lowest BCUT2D eigenvalue weighted by molar-refractivity contribution is -0.118. The highest BCUT2D eigenvalue weighted by atomic mass is 35.5. The number of hydrogen-bond acceptors (Lipinski definition) is 5. The summed E-state index contributed by atoms with van der Waals surface area (Å²) in [6.45, 7) is -0.0370. The smallest absolute Gasteiger partial charge is 0.286 e. The number of carbonyl (C=O) groups excluding carboxylic acids is 3. The molecule has 1 aromatic rings. The molecule has 1 fully saturated rings. The van der Waals surface area contributed by atoms with Gasteiger partial charge in [0.25, 0.3) is 5.24 Å². The first kappa shape index (κ1) is 17.8. The molecule has 7 heteroatoms. The van der Waals surface area contributed by atoms with E-state index < -0.39 is 0 Å². The van der Waals surface area contributed by atoms with E-state index >= 15 is 0 Å². The number of benzene rings is 1. The van der Waals surface area contributed by atoms with E-state index in [2.05, 4.69) is 5.32 Å². The summed E-state index contributed by atoms with van der Waals surface area (Å²) in [5.74, 6) is 0.378. The molecule has 0 aromatic heterocycles. The Balaban J connectivity index is 1.52. The molecule has 5 nitrogen and oxygen atoms in total. The molecule has 0 saturated carbocycles. The van der Waals surface area contributed by atoms with Gasteiger partial charge in [0.1, 0.15) is 0 Å². The van der Waals surface area contributed by atoms with Gasteiger partial charge in [-0.1, -0.05) is 47.1 Å². The number of Topliss-reactive ketones (excluding diaryl/α,β-unsaturated/α-hetero) is 1. The normalized spacial score (nSPS) is 20.0. The fourth-order valence-electron chi connectivity index (χ4n) is 2.62. The van der Waals surface area contributed by atoms with E-state index in [0.29, 0.717) is 23.4 Å². The molecule has 0 bridgehead atoms. The van der Waals surface area contributed by atoms with Gasteiger partial charge in [-0.3, -0.25) is 19.7 Å². The fraction of sp³-hybridized carbons (Fsp3) is 0.278. The van der Waals surface area contributed by atoms with Gasteiger partial charge in [0.05, 0.1) is 11.0 Å². The van der Waals surface area contributed by atoms with Crippen molar-refractivity contribution in [1.29, 1.82) is 0 Å².